The standard InChI is InChI=1S/C21H22N4O3/c1-14(2)28-19-11-7-5-9-16(19)22-20-13-12-17(24-25-20)21(26)23-15-8-4-6-10-18(15)27-3/h4-14H,1-3H3,(H,22,25)(H,23,26). The number of para-hydroxylation sites is 4. The molecule has 3 rings (SSSR count). The molecular weight excluding hydrogens is 356 g/mol. The maximum Gasteiger partial charge on any atom is 0.276 e. The zero-order valence-corrected chi connectivity index (χ0v) is 16.0. The van der Waals surface area contributed by atoms with Crippen LogP contribution in [0.5, 0.6) is 11.5 Å². The second-order valence-electron chi connectivity index (χ2n) is 6.25. The fourth-order valence-electron chi connectivity index (χ4n) is 2.52. The van der Waals surface area contributed by atoms with Crippen molar-refractivity contribution in [3.8, 4) is 11.5 Å². The molecule has 0 unspecified atom stereocenters. The summed E-state index contributed by atoms with van der Waals surface area (Å²) < 4.78 is 11.0. The number of nitrogens with one attached hydrogen (secondary N) is 2. The first-order valence-electron chi connectivity index (χ1n) is 8.87. The van der Waals surface area contributed by atoms with Gasteiger partial charge in [-0.15, -0.1) is 10.2 Å². The van der Waals surface area contributed by atoms with Gasteiger partial charge in [-0.25, -0.2) is 0 Å². The molecule has 3 aromatic rings. The third-order valence-electron chi connectivity index (χ3n) is 3.76. The Balaban J connectivity index is 1.71. The van der Waals surface area contributed by atoms with Crippen LogP contribution in [0.25, 0.3) is 0 Å². The summed E-state index contributed by atoms with van der Waals surface area (Å²) in [5, 5.41) is 14.0. The highest BCUT2D eigenvalue weighted by Gasteiger charge is 2.12. The van der Waals surface area contributed by atoms with E-state index in [1.165, 1.54) is 0 Å². The Bertz CT molecular complexity index is 942. The van der Waals surface area contributed by atoms with Crippen molar-refractivity contribution >= 4 is 23.1 Å². The molecule has 0 atom stereocenters. The molecule has 0 spiro atoms. The van der Waals surface area contributed by atoms with E-state index in [2.05, 4.69) is 20.8 Å². The van der Waals surface area contributed by atoms with Gasteiger partial charge in [-0.1, -0.05) is 24.3 Å². The van der Waals surface area contributed by atoms with Crippen LogP contribution < -0.4 is 20.1 Å². The lowest BCUT2D eigenvalue weighted by molar-refractivity contribution is 0.102. The van der Waals surface area contributed by atoms with Gasteiger partial charge in [-0.3, -0.25) is 4.79 Å². The van der Waals surface area contributed by atoms with Crippen LogP contribution in [0.1, 0.15) is 24.3 Å². The Labute approximate surface area is 163 Å². The van der Waals surface area contributed by atoms with Crippen molar-refractivity contribution < 1.29 is 14.3 Å². The number of hydrogen-bond donors (Lipinski definition) is 2. The minimum absolute atomic E-state index is 0.0510. The zero-order valence-electron chi connectivity index (χ0n) is 16.0. The monoisotopic (exact) mass is 378 g/mol. The lowest BCUT2D eigenvalue weighted by Crippen LogP contribution is -2.15. The van der Waals surface area contributed by atoms with Gasteiger partial charge < -0.3 is 20.1 Å². The first-order chi connectivity index (χ1) is 13.6. The van der Waals surface area contributed by atoms with Crippen LogP contribution in [-0.4, -0.2) is 29.3 Å². The molecule has 7 heteroatoms. The third kappa shape index (κ3) is 4.76. The molecule has 0 radical (unpaired) electrons. The molecule has 0 aliphatic heterocycles. The van der Waals surface area contributed by atoms with Gasteiger partial charge >= 0.3 is 0 Å². The lowest BCUT2D eigenvalue weighted by atomic mass is 10.2. The van der Waals surface area contributed by atoms with Gasteiger partial charge in [0.25, 0.3) is 5.91 Å². The van der Waals surface area contributed by atoms with E-state index in [9.17, 15) is 4.79 Å². The van der Waals surface area contributed by atoms with Crippen molar-refractivity contribution in [2.24, 2.45) is 0 Å². The zero-order chi connectivity index (χ0) is 19.9. The highest BCUT2D eigenvalue weighted by atomic mass is 16.5. The molecule has 0 bridgehead atoms. The Morgan fingerprint density at radius 3 is 2.21 bits per heavy atom. The number of aromatic nitrogens is 2. The molecular formula is C21H22N4O3. The van der Waals surface area contributed by atoms with Crippen molar-refractivity contribution in [3.05, 3.63) is 66.4 Å². The Hall–Kier alpha value is -3.61. The number of amides is 1. The number of carbonyl (C=O) groups is 1. The number of anilines is 3. The smallest absolute Gasteiger partial charge is 0.276 e. The van der Waals surface area contributed by atoms with Crippen LogP contribution in [0.15, 0.2) is 60.7 Å². The minimum atomic E-state index is -0.368. The van der Waals surface area contributed by atoms with E-state index in [0.717, 1.165) is 11.4 Å². The summed E-state index contributed by atoms with van der Waals surface area (Å²) in [4.78, 5) is 12.4. The topological polar surface area (TPSA) is 85.4 Å². The van der Waals surface area contributed by atoms with Crippen LogP contribution in [0, 0.1) is 0 Å². The quantitative estimate of drug-likeness (QED) is 0.639. The Morgan fingerprint density at radius 1 is 0.893 bits per heavy atom. The fourth-order valence-corrected chi connectivity index (χ4v) is 2.52. The molecule has 2 aromatic carbocycles. The number of nitrogens with zero attached hydrogens (tertiary/aromatic N) is 2. The molecule has 1 amide bonds. The van der Waals surface area contributed by atoms with Crippen molar-refractivity contribution in [3.63, 3.8) is 0 Å². The van der Waals surface area contributed by atoms with E-state index in [1.807, 2.05) is 50.2 Å². The van der Waals surface area contributed by atoms with E-state index >= 15 is 0 Å². The summed E-state index contributed by atoms with van der Waals surface area (Å²) in [6.07, 6.45) is 0.0510. The number of methoxy groups -OCH3 is 1. The molecule has 0 saturated carbocycles. The Kier molecular flexibility index (Phi) is 6.06. The van der Waals surface area contributed by atoms with Crippen molar-refractivity contribution in [2.45, 2.75) is 20.0 Å². The first kappa shape index (κ1) is 19.2. The Morgan fingerprint density at radius 2 is 1.57 bits per heavy atom. The van der Waals surface area contributed by atoms with Gasteiger partial charge in [0.05, 0.1) is 24.6 Å². The molecule has 28 heavy (non-hydrogen) atoms. The number of carbonyl (C=O) groups excluding carboxylic acids is 1. The molecule has 7 nitrogen and oxygen atoms in total. The second kappa shape index (κ2) is 8.85. The number of hydrogen-bond acceptors (Lipinski definition) is 6. The van der Waals surface area contributed by atoms with Crippen molar-refractivity contribution in [1.82, 2.24) is 10.2 Å². The summed E-state index contributed by atoms with van der Waals surface area (Å²) in [5.74, 6) is 1.43. The van der Waals surface area contributed by atoms with Crippen LogP contribution in [0.3, 0.4) is 0 Å². The van der Waals surface area contributed by atoms with E-state index < -0.39 is 0 Å². The van der Waals surface area contributed by atoms with Crippen LogP contribution in [0.2, 0.25) is 0 Å². The largest absolute Gasteiger partial charge is 0.495 e. The molecule has 1 aromatic heterocycles. The third-order valence-corrected chi connectivity index (χ3v) is 3.76. The van der Waals surface area contributed by atoms with Crippen LogP contribution >= 0.6 is 0 Å². The molecule has 0 aliphatic rings. The maximum absolute atomic E-state index is 12.4. The molecule has 0 fully saturated rings. The second-order valence-corrected chi connectivity index (χ2v) is 6.25. The van der Waals surface area contributed by atoms with Crippen molar-refractivity contribution in [2.75, 3.05) is 17.7 Å². The van der Waals surface area contributed by atoms with Gasteiger partial charge in [-0.2, -0.15) is 0 Å². The van der Waals surface area contributed by atoms with Crippen LogP contribution in [-0.2, 0) is 0 Å². The van der Waals surface area contributed by atoms with E-state index in [4.69, 9.17) is 9.47 Å². The molecule has 0 aliphatic carbocycles. The normalized spacial score (nSPS) is 10.4. The predicted octanol–water partition coefficient (Wildman–Crippen LogP) is 4.27. The fraction of sp³-hybridized carbons (Fsp3) is 0.190. The first-order valence-corrected chi connectivity index (χ1v) is 8.87. The molecule has 144 valence electrons. The average Bonchev–Trinajstić information content (AvgIpc) is 2.70. The summed E-state index contributed by atoms with van der Waals surface area (Å²) >= 11 is 0. The van der Waals surface area contributed by atoms with Gasteiger partial charge in [0.1, 0.15) is 11.5 Å². The SMILES string of the molecule is COc1ccccc1NC(=O)c1ccc(Nc2ccccc2OC(C)C)nn1. The summed E-state index contributed by atoms with van der Waals surface area (Å²) in [6.45, 7) is 3.93. The number of rotatable bonds is 7. The van der Waals surface area contributed by atoms with Gasteiger partial charge in [-0.05, 0) is 50.2 Å². The van der Waals surface area contributed by atoms with E-state index in [-0.39, 0.29) is 17.7 Å². The molecule has 2 N–H and O–H groups in total. The van der Waals surface area contributed by atoms with Gasteiger partial charge in [0, 0.05) is 0 Å². The highest BCUT2D eigenvalue weighted by Crippen LogP contribution is 2.27. The summed E-state index contributed by atoms with van der Waals surface area (Å²) in [6, 6.07) is 18.0. The van der Waals surface area contributed by atoms with E-state index in [0.29, 0.717) is 17.3 Å². The van der Waals surface area contributed by atoms with Gasteiger partial charge in [0.15, 0.2) is 11.5 Å². The molecule has 0 saturated heterocycles. The van der Waals surface area contributed by atoms with Crippen molar-refractivity contribution in [1.29, 1.82) is 0 Å². The highest BCUT2D eigenvalue weighted by molar-refractivity contribution is 6.03. The molecule has 1 heterocycles. The van der Waals surface area contributed by atoms with Gasteiger partial charge in [0.2, 0.25) is 0 Å². The lowest BCUT2D eigenvalue weighted by Gasteiger charge is -2.15. The summed E-state index contributed by atoms with van der Waals surface area (Å²) in [5.41, 5.74) is 1.54. The minimum Gasteiger partial charge on any atom is -0.495 e. The number of ether oxygens (including phenoxy) is 2. The average molecular weight is 378 g/mol. The maximum atomic E-state index is 12.4. The van der Waals surface area contributed by atoms with Crippen LogP contribution in [0.4, 0.5) is 17.2 Å². The van der Waals surface area contributed by atoms with E-state index in [1.54, 1.807) is 31.4 Å². The predicted molar refractivity (Wildman–Crippen MR) is 108 cm³/mol. The number of benzene rings is 2. The summed E-state index contributed by atoms with van der Waals surface area (Å²) in [7, 11) is 1.55.